The van der Waals surface area contributed by atoms with E-state index in [-0.39, 0.29) is 18.4 Å². The summed E-state index contributed by atoms with van der Waals surface area (Å²) in [5.41, 5.74) is 3.43. The van der Waals surface area contributed by atoms with E-state index in [4.69, 9.17) is 4.74 Å². The Morgan fingerprint density at radius 1 is 1.26 bits per heavy atom. The second-order valence-corrected chi connectivity index (χ2v) is 5.54. The van der Waals surface area contributed by atoms with E-state index in [1.165, 1.54) is 0 Å². The molecule has 0 aliphatic carbocycles. The summed E-state index contributed by atoms with van der Waals surface area (Å²) in [6.07, 6.45) is 0.681. The largest absolute Gasteiger partial charge is 0.482 e. The maximum atomic E-state index is 12.1. The molecule has 2 amide bonds. The lowest BCUT2D eigenvalue weighted by molar-refractivity contribution is -0.118. The number of ether oxygens (including phenoxy) is 1. The molecule has 0 saturated heterocycles. The second-order valence-electron chi connectivity index (χ2n) is 5.54. The van der Waals surface area contributed by atoms with Crippen LogP contribution in [0.1, 0.15) is 21.5 Å². The summed E-state index contributed by atoms with van der Waals surface area (Å²) in [7, 11) is 0. The topological polar surface area (TPSA) is 67.4 Å². The van der Waals surface area contributed by atoms with Crippen LogP contribution in [0.25, 0.3) is 0 Å². The van der Waals surface area contributed by atoms with Crippen LogP contribution >= 0.6 is 0 Å². The van der Waals surface area contributed by atoms with E-state index in [0.717, 1.165) is 11.1 Å². The van der Waals surface area contributed by atoms with E-state index in [1.54, 1.807) is 6.07 Å². The molecule has 2 aromatic rings. The number of rotatable bonds is 4. The number of benzene rings is 2. The second kappa shape index (κ2) is 6.52. The Balaban J connectivity index is 1.57. The van der Waals surface area contributed by atoms with E-state index in [9.17, 15) is 9.59 Å². The van der Waals surface area contributed by atoms with Crippen LogP contribution in [0.15, 0.2) is 42.5 Å². The van der Waals surface area contributed by atoms with Crippen molar-refractivity contribution in [1.82, 2.24) is 5.32 Å². The molecule has 5 heteroatoms. The minimum Gasteiger partial charge on any atom is -0.482 e. The molecule has 2 N–H and O–H groups in total. The van der Waals surface area contributed by atoms with Gasteiger partial charge in [0.05, 0.1) is 5.69 Å². The highest BCUT2D eigenvalue weighted by atomic mass is 16.5. The van der Waals surface area contributed by atoms with Crippen LogP contribution in [0.2, 0.25) is 0 Å². The number of hydrogen-bond acceptors (Lipinski definition) is 3. The first-order chi connectivity index (χ1) is 11.1. The Kier molecular flexibility index (Phi) is 4.28. The lowest BCUT2D eigenvalue weighted by atomic mass is 10.1. The van der Waals surface area contributed by atoms with Gasteiger partial charge in [-0.1, -0.05) is 23.8 Å². The van der Waals surface area contributed by atoms with Crippen LogP contribution in [0, 0.1) is 6.92 Å². The molecule has 1 aliphatic heterocycles. The Labute approximate surface area is 134 Å². The maximum Gasteiger partial charge on any atom is 0.262 e. The number of hydrogen-bond donors (Lipinski definition) is 2. The number of anilines is 1. The highest BCUT2D eigenvalue weighted by Gasteiger charge is 2.15. The zero-order valence-electron chi connectivity index (χ0n) is 12.9. The van der Waals surface area contributed by atoms with Crippen molar-refractivity contribution in [3.63, 3.8) is 0 Å². The predicted molar refractivity (Wildman–Crippen MR) is 87.8 cm³/mol. The molecule has 1 aliphatic rings. The molecule has 2 aromatic carbocycles. The molecule has 0 unspecified atom stereocenters. The Morgan fingerprint density at radius 3 is 2.96 bits per heavy atom. The maximum absolute atomic E-state index is 12.1. The molecule has 0 fully saturated rings. The molecule has 0 aromatic heterocycles. The number of aryl methyl sites for hydroxylation is 1. The lowest BCUT2D eigenvalue weighted by Crippen LogP contribution is -2.26. The van der Waals surface area contributed by atoms with Crippen molar-refractivity contribution < 1.29 is 14.3 Å². The average Bonchev–Trinajstić information content (AvgIpc) is 2.54. The zero-order valence-corrected chi connectivity index (χ0v) is 12.9. The Bertz CT molecular complexity index is 756. The number of fused-ring (bicyclic) bond motifs is 1. The van der Waals surface area contributed by atoms with Crippen LogP contribution in [-0.4, -0.2) is 25.0 Å². The van der Waals surface area contributed by atoms with E-state index < -0.39 is 0 Å². The van der Waals surface area contributed by atoms with Crippen LogP contribution in [-0.2, 0) is 11.2 Å². The van der Waals surface area contributed by atoms with Crippen molar-refractivity contribution in [3.05, 3.63) is 59.2 Å². The molecule has 3 rings (SSSR count). The molecule has 0 spiro atoms. The third kappa shape index (κ3) is 3.69. The summed E-state index contributed by atoms with van der Waals surface area (Å²) in [6.45, 7) is 2.54. The summed E-state index contributed by atoms with van der Waals surface area (Å²) in [4.78, 5) is 23.4. The fourth-order valence-electron chi connectivity index (χ4n) is 2.49. The van der Waals surface area contributed by atoms with Gasteiger partial charge >= 0.3 is 0 Å². The van der Waals surface area contributed by atoms with E-state index in [0.29, 0.717) is 30.0 Å². The fraction of sp³-hybridized carbons (Fsp3) is 0.222. The van der Waals surface area contributed by atoms with Crippen molar-refractivity contribution in [2.45, 2.75) is 13.3 Å². The van der Waals surface area contributed by atoms with Crippen molar-refractivity contribution >= 4 is 17.5 Å². The molecule has 0 atom stereocenters. The van der Waals surface area contributed by atoms with Gasteiger partial charge < -0.3 is 15.4 Å². The Morgan fingerprint density at radius 2 is 2.13 bits per heavy atom. The van der Waals surface area contributed by atoms with Crippen molar-refractivity contribution in [3.8, 4) is 5.75 Å². The molecule has 0 saturated carbocycles. The fourth-order valence-corrected chi connectivity index (χ4v) is 2.49. The third-order valence-corrected chi connectivity index (χ3v) is 3.66. The summed E-state index contributed by atoms with van der Waals surface area (Å²) in [6, 6.07) is 13.2. The first-order valence-electron chi connectivity index (χ1n) is 7.52. The van der Waals surface area contributed by atoms with Crippen LogP contribution in [0.4, 0.5) is 5.69 Å². The van der Waals surface area contributed by atoms with Crippen molar-refractivity contribution in [2.24, 2.45) is 0 Å². The number of nitrogens with one attached hydrogen (secondary N) is 2. The van der Waals surface area contributed by atoms with E-state index >= 15 is 0 Å². The Hall–Kier alpha value is -2.82. The van der Waals surface area contributed by atoms with Gasteiger partial charge in [-0.3, -0.25) is 9.59 Å². The van der Waals surface area contributed by atoms with Gasteiger partial charge in [-0.25, -0.2) is 0 Å². The van der Waals surface area contributed by atoms with Gasteiger partial charge in [0.15, 0.2) is 6.61 Å². The summed E-state index contributed by atoms with van der Waals surface area (Å²) in [5.74, 6) is 0.447. The zero-order chi connectivity index (χ0) is 16.2. The average molecular weight is 310 g/mol. The SMILES string of the molecule is Cc1cccc(C(=O)NCCc2ccc3c(c2)NC(=O)CO3)c1. The quantitative estimate of drug-likeness (QED) is 0.910. The molecule has 5 nitrogen and oxygen atoms in total. The number of carbonyl (C=O) groups is 2. The van der Waals surface area contributed by atoms with Gasteiger partial charge in [-0.05, 0) is 43.2 Å². The van der Waals surface area contributed by atoms with Crippen LogP contribution in [0.5, 0.6) is 5.75 Å². The normalized spacial score (nSPS) is 12.8. The lowest BCUT2D eigenvalue weighted by Gasteiger charge is -2.18. The summed E-state index contributed by atoms with van der Waals surface area (Å²) >= 11 is 0. The van der Waals surface area contributed by atoms with Gasteiger partial charge in [-0.15, -0.1) is 0 Å². The summed E-state index contributed by atoms with van der Waals surface area (Å²) < 4.78 is 5.32. The molecule has 23 heavy (non-hydrogen) atoms. The summed E-state index contributed by atoms with van der Waals surface area (Å²) in [5, 5.41) is 5.69. The highest BCUT2D eigenvalue weighted by molar-refractivity contribution is 5.95. The van der Waals surface area contributed by atoms with Crippen molar-refractivity contribution in [2.75, 3.05) is 18.5 Å². The van der Waals surface area contributed by atoms with Crippen molar-refractivity contribution in [1.29, 1.82) is 0 Å². The van der Waals surface area contributed by atoms with E-state index in [2.05, 4.69) is 10.6 Å². The molecular weight excluding hydrogens is 292 g/mol. The van der Waals surface area contributed by atoms with Crippen LogP contribution < -0.4 is 15.4 Å². The third-order valence-electron chi connectivity index (χ3n) is 3.66. The highest BCUT2D eigenvalue weighted by Crippen LogP contribution is 2.28. The number of carbonyl (C=O) groups excluding carboxylic acids is 2. The van der Waals surface area contributed by atoms with Crippen LogP contribution in [0.3, 0.4) is 0 Å². The first kappa shape index (κ1) is 15.1. The predicted octanol–water partition coefficient (Wildman–Crippen LogP) is 2.30. The van der Waals surface area contributed by atoms with Gasteiger partial charge in [0.2, 0.25) is 0 Å². The first-order valence-corrected chi connectivity index (χ1v) is 7.52. The van der Waals surface area contributed by atoms with Gasteiger partial charge in [0.1, 0.15) is 5.75 Å². The van der Waals surface area contributed by atoms with E-state index in [1.807, 2.05) is 43.3 Å². The molecule has 0 radical (unpaired) electrons. The van der Waals surface area contributed by atoms with Gasteiger partial charge in [0, 0.05) is 12.1 Å². The van der Waals surface area contributed by atoms with Gasteiger partial charge in [-0.2, -0.15) is 0 Å². The molecule has 118 valence electrons. The number of amides is 2. The van der Waals surface area contributed by atoms with Gasteiger partial charge in [0.25, 0.3) is 11.8 Å². The molecular formula is C18H18N2O3. The minimum atomic E-state index is -0.151. The monoisotopic (exact) mass is 310 g/mol. The minimum absolute atomic E-state index is 0.0545. The molecule has 1 heterocycles. The molecule has 0 bridgehead atoms. The standard InChI is InChI=1S/C18H18N2O3/c1-12-3-2-4-14(9-12)18(22)19-8-7-13-5-6-16-15(10-13)20-17(21)11-23-16/h2-6,9-10H,7-8,11H2,1H3,(H,19,22)(H,20,21). The smallest absolute Gasteiger partial charge is 0.262 e.